The molecule has 1 aliphatic rings. The molecular weight excluding hydrogens is 503 g/mol. The van der Waals surface area contributed by atoms with E-state index >= 15 is 0 Å². The first-order valence-corrected chi connectivity index (χ1v) is 12.5. The molecule has 1 aliphatic heterocycles. The predicted octanol–water partition coefficient (Wildman–Crippen LogP) is 3.58. The number of aromatic nitrogens is 2. The maximum atomic E-state index is 13.7. The van der Waals surface area contributed by atoms with Crippen LogP contribution in [0.4, 0.5) is 10.1 Å². The summed E-state index contributed by atoms with van der Waals surface area (Å²) in [6, 6.07) is 16.8. The van der Waals surface area contributed by atoms with Crippen LogP contribution in [0.1, 0.15) is 0 Å². The van der Waals surface area contributed by atoms with Crippen molar-refractivity contribution in [2.45, 2.75) is 6.54 Å². The number of rotatable bonds is 7. The van der Waals surface area contributed by atoms with E-state index in [0.29, 0.717) is 65.7 Å². The lowest BCUT2D eigenvalue weighted by Crippen LogP contribution is -2.50. The first kappa shape index (κ1) is 26.0. The first-order chi connectivity index (χ1) is 18.9. The van der Waals surface area contributed by atoms with E-state index in [1.165, 1.54) is 38.0 Å². The van der Waals surface area contributed by atoms with Gasteiger partial charge >= 0.3 is 0 Å². The topological polar surface area (TPSA) is 86.1 Å². The number of hydrogen-bond acceptors (Lipinski definition) is 7. The number of hydrogen-bond donors (Lipinski definition) is 0. The van der Waals surface area contributed by atoms with Crippen LogP contribution < -0.4 is 24.7 Å². The molecule has 5 rings (SSSR count). The summed E-state index contributed by atoms with van der Waals surface area (Å²) in [6.07, 6.45) is 0. The SMILES string of the molecule is COc1cc(-c2nc3ccccc3c(=O)n2CC(=O)N2CCN(c3ccc(F)cc3)CC2)cc(OC)c1OC. The van der Waals surface area contributed by atoms with E-state index in [-0.39, 0.29) is 23.8 Å². The van der Waals surface area contributed by atoms with Crippen LogP contribution in [0.25, 0.3) is 22.3 Å². The van der Waals surface area contributed by atoms with Crippen molar-refractivity contribution in [3.8, 4) is 28.6 Å². The highest BCUT2D eigenvalue weighted by molar-refractivity contribution is 5.82. The van der Waals surface area contributed by atoms with Gasteiger partial charge in [-0.05, 0) is 48.5 Å². The lowest BCUT2D eigenvalue weighted by atomic mass is 10.1. The normalized spacial score (nSPS) is 13.4. The molecule has 4 aromatic rings. The number of nitrogens with zero attached hydrogens (tertiary/aromatic N) is 4. The molecular formula is C29H29FN4O5. The number of halogens is 1. The fourth-order valence-corrected chi connectivity index (χ4v) is 4.85. The summed E-state index contributed by atoms with van der Waals surface area (Å²) in [7, 11) is 4.53. The van der Waals surface area contributed by atoms with Gasteiger partial charge in [-0.15, -0.1) is 0 Å². The molecule has 2 heterocycles. The zero-order valence-electron chi connectivity index (χ0n) is 22.0. The molecule has 0 atom stereocenters. The first-order valence-electron chi connectivity index (χ1n) is 12.5. The van der Waals surface area contributed by atoms with Gasteiger partial charge in [0.05, 0.1) is 32.2 Å². The van der Waals surface area contributed by atoms with Gasteiger partial charge in [-0.25, -0.2) is 9.37 Å². The second kappa shape index (κ2) is 11.0. The maximum absolute atomic E-state index is 13.7. The fraction of sp³-hybridized carbons (Fsp3) is 0.276. The summed E-state index contributed by atoms with van der Waals surface area (Å²) in [6.45, 7) is 1.97. The van der Waals surface area contributed by atoms with Gasteiger partial charge in [0, 0.05) is 37.4 Å². The molecule has 3 aromatic carbocycles. The average Bonchev–Trinajstić information content (AvgIpc) is 2.98. The van der Waals surface area contributed by atoms with E-state index < -0.39 is 0 Å². The second-order valence-electron chi connectivity index (χ2n) is 9.10. The lowest BCUT2D eigenvalue weighted by molar-refractivity contribution is -0.132. The Labute approximate surface area is 225 Å². The molecule has 1 fully saturated rings. The Bertz CT molecular complexity index is 1540. The molecule has 9 nitrogen and oxygen atoms in total. The molecule has 39 heavy (non-hydrogen) atoms. The van der Waals surface area contributed by atoms with Gasteiger partial charge in [-0.2, -0.15) is 0 Å². The number of piperazine rings is 1. The van der Waals surface area contributed by atoms with Gasteiger partial charge in [-0.1, -0.05) is 12.1 Å². The third-order valence-corrected chi connectivity index (χ3v) is 6.90. The van der Waals surface area contributed by atoms with Crippen molar-refractivity contribution in [2.24, 2.45) is 0 Å². The van der Waals surface area contributed by atoms with Crippen LogP contribution >= 0.6 is 0 Å². The standard InChI is InChI=1S/C29H29FN4O5/c1-37-24-16-19(17-25(38-2)27(24)39-3)28-31-23-7-5-4-6-22(23)29(36)34(28)18-26(35)33-14-12-32(13-15-33)21-10-8-20(30)9-11-21/h4-11,16-17H,12-15,18H2,1-3H3. The minimum atomic E-state index is -0.317. The molecule has 1 saturated heterocycles. The highest BCUT2D eigenvalue weighted by Crippen LogP contribution is 2.40. The van der Waals surface area contributed by atoms with Gasteiger partial charge in [0.15, 0.2) is 11.5 Å². The quantitative estimate of drug-likeness (QED) is 0.360. The smallest absolute Gasteiger partial charge is 0.262 e. The number of carbonyl (C=O) groups excluding carboxylic acids is 1. The van der Waals surface area contributed by atoms with Crippen LogP contribution in [-0.4, -0.2) is 67.9 Å². The average molecular weight is 533 g/mol. The Kier molecular flexibility index (Phi) is 7.36. The molecule has 202 valence electrons. The summed E-state index contributed by atoms with van der Waals surface area (Å²) in [5.41, 5.74) is 1.65. The molecule has 0 bridgehead atoms. The van der Waals surface area contributed by atoms with Crippen LogP contribution in [0.2, 0.25) is 0 Å². The van der Waals surface area contributed by atoms with Crippen molar-refractivity contribution in [3.05, 3.63) is 76.8 Å². The predicted molar refractivity (Wildman–Crippen MR) is 146 cm³/mol. The fourth-order valence-electron chi connectivity index (χ4n) is 4.85. The Morgan fingerprint density at radius 2 is 1.54 bits per heavy atom. The Morgan fingerprint density at radius 1 is 0.897 bits per heavy atom. The van der Waals surface area contributed by atoms with Crippen LogP contribution in [0.3, 0.4) is 0 Å². The Hall–Kier alpha value is -4.60. The summed E-state index contributed by atoms with van der Waals surface area (Å²) in [5, 5.41) is 0.419. The third-order valence-electron chi connectivity index (χ3n) is 6.90. The summed E-state index contributed by atoms with van der Waals surface area (Å²) in [5.74, 6) is 1.06. The number of para-hydroxylation sites is 1. The monoisotopic (exact) mass is 532 g/mol. The van der Waals surface area contributed by atoms with Crippen molar-refractivity contribution < 1.29 is 23.4 Å². The van der Waals surface area contributed by atoms with Crippen LogP contribution in [0.5, 0.6) is 17.2 Å². The van der Waals surface area contributed by atoms with Crippen molar-refractivity contribution in [2.75, 3.05) is 52.4 Å². The molecule has 1 aromatic heterocycles. The van der Waals surface area contributed by atoms with Gasteiger partial charge in [0.25, 0.3) is 5.56 Å². The molecule has 0 saturated carbocycles. The second-order valence-corrected chi connectivity index (χ2v) is 9.10. The van der Waals surface area contributed by atoms with Crippen molar-refractivity contribution in [1.82, 2.24) is 14.5 Å². The highest BCUT2D eigenvalue weighted by atomic mass is 19.1. The number of methoxy groups -OCH3 is 3. The molecule has 0 unspecified atom stereocenters. The third kappa shape index (κ3) is 5.09. The number of carbonyl (C=O) groups is 1. The van der Waals surface area contributed by atoms with Crippen molar-refractivity contribution >= 4 is 22.5 Å². The van der Waals surface area contributed by atoms with E-state index in [4.69, 9.17) is 19.2 Å². The van der Waals surface area contributed by atoms with Crippen molar-refractivity contribution in [1.29, 1.82) is 0 Å². The Balaban J connectivity index is 1.48. The van der Waals surface area contributed by atoms with Crippen LogP contribution in [0, 0.1) is 5.82 Å². The molecule has 10 heteroatoms. The van der Waals surface area contributed by atoms with Gasteiger partial charge in [-0.3, -0.25) is 14.2 Å². The zero-order chi connectivity index (χ0) is 27.5. The van der Waals surface area contributed by atoms with E-state index in [2.05, 4.69) is 4.90 Å². The zero-order valence-corrected chi connectivity index (χ0v) is 22.0. The number of anilines is 1. The number of fused-ring (bicyclic) bond motifs is 1. The largest absolute Gasteiger partial charge is 0.493 e. The molecule has 0 aliphatic carbocycles. The van der Waals surface area contributed by atoms with E-state index in [0.717, 1.165) is 5.69 Å². The number of ether oxygens (including phenoxy) is 3. The number of amides is 1. The van der Waals surface area contributed by atoms with Gasteiger partial charge < -0.3 is 24.0 Å². The van der Waals surface area contributed by atoms with Gasteiger partial charge in [0.2, 0.25) is 11.7 Å². The molecule has 0 N–H and O–H groups in total. The van der Waals surface area contributed by atoms with E-state index in [1.54, 1.807) is 47.4 Å². The minimum absolute atomic E-state index is 0.181. The maximum Gasteiger partial charge on any atom is 0.262 e. The minimum Gasteiger partial charge on any atom is -0.493 e. The lowest BCUT2D eigenvalue weighted by Gasteiger charge is -2.36. The molecule has 0 radical (unpaired) electrons. The van der Waals surface area contributed by atoms with Gasteiger partial charge in [0.1, 0.15) is 18.2 Å². The molecule has 0 spiro atoms. The summed E-state index contributed by atoms with van der Waals surface area (Å²) >= 11 is 0. The van der Waals surface area contributed by atoms with E-state index in [9.17, 15) is 14.0 Å². The highest BCUT2D eigenvalue weighted by Gasteiger charge is 2.25. The van der Waals surface area contributed by atoms with E-state index in [1.807, 2.05) is 6.07 Å². The summed E-state index contributed by atoms with van der Waals surface area (Å²) < 4.78 is 31.2. The molecule has 1 amide bonds. The van der Waals surface area contributed by atoms with Crippen LogP contribution in [0.15, 0.2) is 65.5 Å². The van der Waals surface area contributed by atoms with Crippen LogP contribution in [-0.2, 0) is 11.3 Å². The summed E-state index contributed by atoms with van der Waals surface area (Å²) in [4.78, 5) is 35.8. The number of benzene rings is 3. The Morgan fingerprint density at radius 3 is 2.15 bits per heavy atom. The van der Waals surface area contributed by atoms with Crippen molar-refractivity contribution in [3.63, 3.8) is 0 Å².